The van der Waals surface area contributed by atoms with Gasteiger partial charge in [-0.15, -0.1) is 5.10 Å². The summed E-state index contributed by atoms with van der Waals surface area (Å²) in [6.07, 6.45) is 0. The highest BCUT2D eigenvalue weighted by Crippen LogP contribution is 2.23. The predicted octanol–water partition coefficient (Wildman–Crippen LogP) is 2.08. The third-order valence-corrected chi connectivity index (χ3v) is 3.15. The molecule has 1 heterocycles. The van der Waals surface area contributed by atoms with Crippen LogP contribution >= 0.6 is 35.4 Å². The van der Waals surface area contributed by atoms with E-state index in [1.807, 2.05) is 0 Å². The van der Waals surface area contributed by atoms with Crippen molar-refractivity contribution in [2.45, 2.75) is 0 Å². The first-order valence-electron chi connectivity index (χ1n) is 4.75. The van der Waals surface area contributed by atoms with Gasteiger partial charge < -0.3 is 11.1 Å². The number of nitrogens with one attached hydrogen (secondary N) is 1. The molecule has 2 rings (SSSR count). The second-order valence-corrected chi connectivity index (χ2v) is 4.76. The van der Waals surface area contributed by atoms with Crippen molar-refractivity contribution in [3.05, 3.63) is 39.9 Å². The van der Waals surface area contributed by atoms with Gasteiger partial charge in [0, 0.05) is 10.9 Å². The fourth-order valence-corrected chi connectivity index (χ4v) is 2.01. The van der Waals surface area contributed by atoms with Crippen LogP contribution in [0.1, 0.15) is 16.1 Å². The molecule has 0 saturated carbocycles. The summed E-state index contributed by atoms with van der Waals surface area (Å²) in [5.41, 5.74) is 6.83. The summed E-state index contributed by atoms with van der Waals surface area (Å²) in [4.78, 5) is 12.0. The van der Waals surface area contributed by atoms with Gasteiger partial charge in [0.1, 0.15) is 4.99 Å². The molecule has 0 radical (unpaired) electrons. The zero-order valence-corrected chi connectivity index (χ0v) is 11.3. The van der Waals surface area contributed by atoms with E-state index in [1.54, 1.807) is 23.6 Å². The Morgan fingerprint density at radius 1 is 1.50 bits per heavy atom. The van der Waals surface area contributed by atoms with Gasteiger partial charge in [-0.1, -0.05) is 28.3 Å². The first-order valence-corrected chi connectivity index (χ1v) is 6.38. The minimum Gasteiger partial charge on any atom is -0.389 e. The van der Waals surface area contributed by atoms with E-state index in [1.165, 1.54) is 0 Å². The lowest BCUT2D eigenvalue weighted by molar-refractivity contribution is 0.102. The minimum atomic E-state index is -0.367. The van der Waals surface area contributed by atoms with Crippen molar-refractivity contribution in [2.75, 3.05) is 5.32 Å². The van der Waals surface area contributed by atoms with Gasteiger partial charge in [-0.2, -0.15) is 0 Å². The summed E-state index contributed by atoms with van der Waals surface area (Å²) in [5, 5.41) is 8.19. The minimum absolute atomic E-state index is 0.245. The van der Waals surface area contributed by atoms with Gasteiger partial charge in [0.2, 0.25) is 0 Å². The molecule has 1 aromatic carbocycles. The maximum atomic E-state index is 11.7. The molecule has 0 saturated heterocycles. The Kier molecular flexibility index (Phi) is 3.85. The molecule has 2 aromatic rings. The molecule has 0 fully saturated rings. The van der Waals surface area contributed by atoms with Crippen LogP contribution in [-0.4, -0.2) is 20.5 Å². The average molecular weight is 299 g/mol. The molecule has 0 bridgehead atoms. The number of amides is 1. The molecule has 0 spiro atoms. The number of aromatic nitrogens is 2. The normalized spacial score (nSPS) is 10.1. The molecule has 0 aliphatic heterocycles. The maximum absolute atomic E-state index is 11.7. The van der Waals surface area contributed by atoms with Crippen LogP contribution in [-0.2, 0) is 0 Å². The Morgan fingerprint density at radius 2 is 2.28 bits per heavy atom. The monoisotopic (exact) mass is 298 g/mol. The van der Waals surface area contributed by atoms with Gasteiger partial charge in [-0.3, -0.25) is 4.79 Å². The number of nitrogens with two attached hydrogens (primary N) is 1. The quantitative estimate of drug-likeness (QED) is 0.848. The van der Waals surface area contributed by atoms with Gasteiger partial charge in [0.25, 0.3) is 5.91 Å². The van der Waals surface area contributed by atoms with Gasteiger partial charge in [-0.25, -0.2) is 0 Å². The SMILES string of the molecule is NC(=S)c1ccc(NC(=O)c2csnn2)c(Cl)c1. The molecule has 0 aliphatic carbocycles. The third kappa shape index (κ3) is 2.81. The van der Waals surface area contributed by atoms with Crippen LogP contribution in [0.4, 0.5) is 5.69 Å². The molecule has 1 aromatic heterocycles. The Balaban J connectivity index is 2.20. The molecule has 0 aliphatic rings. The summed E-state index contributed by atoms with van der Waals surface area (Å²) in [6, 6.07) is 4.91. The Bertz CT molecular complexity index is 600. The van der Waals surface area contributed by atoms with Crippen LogP contribution in [0.15, 0.2) is 23.6 Å². The number of thiocarbonyl (C=S) groups is 1. The number of hydrogen-bond donors (Lipinski definition) is 2. The standard InChI is InChI=1S/C10H7ClN4OS2/c11-6-3-5(9(12)17)1-2-7(6)13-10(16)8-4-18-15-14-8/h1-4H,(H2,12,17)(H,13,16). The second-order valence-electron chi connectivity index (χ2n) is 3.30. The van der Waals surface area contributed by atoms with E-state index in [-0.39, 0.29) is 16.6 Å². The zero-order chi connectivity index (χ0) is 13.1. The van der Waals surface area contributed by atoms with Crippen LogP contribution < -0.4 is 11.1 Å². The van der Waals surface area contributed by atoms with Gasteiger partial charge in [0.05, 0.1) is 10.7 Å². The highest BCUT2D eigenvalue weighted by molar-refractivity contribution is 7.80. The van der Waals surface area contributed by atoms with Crippen molar-refractivity contribution in [2.24, 2.45) is 5.73 Å². The summed E-state index contributed by atoms with van der Waals surface area (Å²) < 4.78 is 3.61. The third-order valence-electron chi connectivity index (χ3n) is 2.09. The molecule has 5 nitrogen and oxygen atoms in total. The van der Waals surface area contributed by atoms with Crippen LogP contribution in [0, 0.1) is 0 Å². The van der Waals surface area contributed by atoms with Crippen molar-refractivity contribution in [1.29, 1.82) is 0 Å². The number of nitrogens with zero attached hydrogens (tertiary/aromatic N) is 2. The number of carbonyl (C=O) groups is 1. The first-order chi connectivity index (χ1) is 8.58. The second kappa shape index (κ2) is 5.38. The Hall–Kier alpha value is -1.57. The van der Waals surface area contributed by atoms with Crippen LogP contribution in [0.5, 0.6) is 0 Å². The Morgan fingerprint density at radius 3 is 2.83 bits per heavy atom. The van der Waals surface area contributed by atoms with E-state index in [9.17, 15) is 4.79 Å². The van der Waals surface area contributed by atoms with E-state index in [0.717, 1.165) is 11.5 Å². The average Bonchev–Trinajstić information content (AvgIpc) is 2.85. The molecule has 3 N–H and O–H groups in total. The first kappa shape index (κ1) is 12.9. The van der Waals surface area contributed by atoms with Gasteiger partial charge in [-0.05, 0) is 29.7 Å². The lowest BCUT2D eigenvalue weighted by atomic mass is 10.2. The zero-order valence-electron chi connectivity index (χ0n) is 8.88. The van der Waals surface area contributed by atoms with Crippen molar-refractivity contribution >= 4 is 51.9 Å². The number of carbonyl (C=O) groups excluding carboxylic acids is 1. The molecular formula is C10H7ClN4OS2. The fraction of sp³-hybridized carbons (Fsp3) is 0. The maximum Gasteiger partial charge on any atom is 0.277 e. The van der Waals surface area contributed by atoms with Crippen molar-refractivity contribution in [1.82, 2.24) is 9.59 Å². The molecule has 18 heavy (non-hydrogen) atoms. The van der Waals surface area contributed by atoms with Crippen molar-refractivity contribution < 1.29 is 4.79 Å². The van der Waals surface area contributed by atoms with Crippen molar-refractivity contribution in [3.63, 3.8) is 0 Å². The molecule has 0 unspecified atom stereocenters. The molecule has 8 heteroatoms. The highest BCUT2D eigenvalue weighted by atomic mass is 35.5. The molecule has 0 atom stereocenters. The van der Waals surface area contributed by atoms with Gasteiger partial charge >= 0.3 is 0 Å². The largest absolute Gasteiger partial charge is 0.389 e. The number of benzene rings is 1. The van der Waals surface area contributed by atoms with Crippen LogP contribution in [0.25, 0.3) is 0 Å². The fourth-order valence-electron chi connectivity index (χ4n) is 1.22. The van der Waals surface area contributed by atoms with Gasteiger partial charge in [0.15, 0.2) is 5.69 Å². The van der Waals surface area contributed by atoms with E-state index in [2.05, 4.69) is 14.9 Å². The van der Waals surface area contributed by atoms with E-state index >= 15 is 0 Å². The predicted molar refractivity (Wildman–Crippen MR) is 75.2 cm³/mol. The smallest absolute Gasteiger partial charge is 0.277 e. The number of rotatable bonds is 3. The summed E-state index contributed by atoms with van der Waals surface area (Å²) in [6.45, 7) is 0. The lowest BCUT2D eigenvalue weighted by Gasteiger charge is -2.07. The summed E-state index contributed by atoms with van der Waals surface area (Å²) in [5.74, 6) is -0.367. The number of hydrogen-bond acceptors (Lipinski definition) is 5. The lowest BCUT2D eigenvalue weighted by Crippen LogP contribution is -2.14. The Labute approximate surface area is 117 Å². The molecular weight excluding hydrogens is 292 g/mol. The van der Waals surface area contributed by atoms with Crippen LogP contribution in [0.3, 0.4) is 0 Å². The van der Waals surface area contributed by atoms with Crippen molar-refractivity contribution in [3.8, 4) is 0 Å². The van der Waals surface area contributed by atoms with E-state index < -0.39 is 0 Å². The van der Waals surface area contributed by atoms with E-state index in [4.69, 9.17) is 29.6 Å². The van der Waals surface area contributed by atoms with E-state index in [0.29, 0.717) is 16.3 Å². The highest BCUT2D eigenvalue weighted by Gasteiger charge is 2.11. The summed E-state index contributed by atoms with van der Waals surface area (Å²) >= 11 is 11.9. The number of halogens is 1. The van der Waals surface area contributed by atoms with Crippen LogP contribution in [0.2, 0.25) is 5.02 Å². The number of anilines is 1. The summed E-state index contributed by atoms with van der Waals surface area (Å²) in [7, 11) is 0. The molecule has 92 valence electrons. The molecule has 1 amide bonds. The topological polar surface area (TPSA) is 80.9 Å².